The third kappa shape index (κ3) is 4.41. The van der Waals surface area contributed by atoms with Crippen molar-refractivity contribution >= 4 is 33.5 Å². The van der Waals surface area contributed by atoms with E-state index in [4.69, 9.17) is 0 Å². The van der Waals surface area contributed by atoms with Crippen molar-refractivity contribution in [3.8, 4) is 33.8 Å². The van der Waals surface area contributed by atoms with Crippen LogP contribution in [-0.2, 0) is 4.79 Å². The van der Waals surface area contributed by atoms with Crippen LogP contribution in [0.3, 0.4) is 0 Å². The van der Waals surface area contributed by atoms with Gasteiger partial charge in [-0.3, -0.25) is 24.8 Å². The highest BCUT2D eigenvalue weighted by Gasteiger charge is 2.21. The van der Waals surface area contributed by atoms with Crippen molar-refractivity contribution in [2.45, 2.75) is 32.1 Å². The maximum absolute atomic E-state index is 12.8. The Labute approximate surface area is 224 Å². The number of H-pyrrole nitrogens is 2. The predicted molar refractivity (Wildman–Crippen MR) is 151 cm³/mol. The minimum atomic E-state index is 0.0766. The van der Waals surface area contributed by atoms with E-state index in [2.05, 4.69) is 46.5 Å². The maximum Gasteiger partial charge on any atom is 0.227 e. The normalized spacial score (nSPS) is 14.2. The molecule has 39 heavy (non-hydrogen) atoms. The minimum absolute atomic E-state index is 0.0766. The van der Waals surface area contributed by atoms with Crippen LogP contribution in [0.2, 0.25) is 0 Å². The maximum atomic E-state index is 12.8. The van der Waals surface area contributed by atoms with Gasteiger partial charge >= 0.3 is 0 Å². The Kier molecular flexibility index (Phi) is 5.81. The molecule has 0 saturated heterocycles. The molecule has 0 bridgehead atoms. The molecule has 0 aliphatic heterocycles. The lowest BCUT2D eigenvalue weighted by Crippen LogP contribution is -2.24. The Morgan fingerprint density at radius 2 is 1.72 bits per heavy atom. The molecular weight excluding hydrogens is 488 g/mol. The number of hydrogen-bond donors (Lipinski definition) is 3. The first kappa shape index (κ1) is 23.2. The molecule has 0 radical (unpaired) electrons. The van der Waals surface area contributed by atoms with Gasteiger partial charge in [0, 0.05) is 47.0 Å². The minimum Gasteiger partial charge on any atom is -0.338 e. The number of pyridine rings is 4. The number of fused-ring (bicyclic) bond motifs is 2. The van der Waals surface area contributed by atoms with Gasteiger partial charge in [0.05, 0.1) is 35.0 Å². The van der Waals surface area contributed by atoms with Crippen LogP contribution in [0, 0.1) is 5.92 Å². The third-order valence-corrected chi connectivity index (χ3v) is 7.50. The Morgan fingerprint density at radius 1 is 0.846 bits per heavy atom. The van der Waals surface area contributed by atoms with E-state index in [1.54, 1.807) is 37.2 Å². The average molecular weight is 515 g/mol. The highest BCUT2D eigenvalue weighted by molar-refractivity contribution is 6.00. The number of aromatic amines is 2. The number of rotatable bonds is 5. The van der Waals surface area contributed by atoms with Gasteiger partial charge in [-0.15, -0.1) is 0 Å². The molecule has 0 unspecified atom stereocenters. The zero-order chi connectivity index (χ0) is 26.2. The zero-order valence-electron chi connectivity index (χ0n) is 21.2. The van der Waals surface area contributed by atoms with E-state index in [1.165, 1.54) is 6.42 Å². The van der Waals surface area contributed by atoms with Crippen LogP contribution in [0.5, 0.6) is 0 Å². The molecule has 0 aromatic carbocycles. The highest BCUT2D eigenvalue weighted by Crippen LogP contribution is 2.34. The molecule has 6 aromatic heterocycles. The standard InChI is InChI=1S/C30H26N8O/c39-30(19-4-2-1-3-5-19)35-21-12-20(15-32-16-21)25-14-24-27(17-34-25)37-38-28(24)26-13-23-22(8-11-33-29(23)36-26)18-6-9-31-10-7-18/h6-17,19H,1-5H2,(H,33,36)(H,35,39)(H,37,38). The molecule has 1 amide bonds. The van der Waals surface area contributed by atoms with Gasteiger partial charge in [0.2, 0.25) is 5.91 Å². The van der Waals surface area contributed by atoms with Gasteiger partial charge < -0.3 is 10.3 Å². The fourth-order valence-corrected chi connectivity index (χ4v) is 5.48. The van der Waals surface area contributed by atoms with Gasteiger partial charge in [-0.2, -0.15) is 5.10 Å². The second-order valence-corrected chi connectivity index (χ2v) is 10.0. The molecule has 7 rings (SSSR count). The van der Waals surface area contributed by atoms with Crippen molar-refractivity contribution in [1.82, 2.24) is 35.1 Å². The van der Waals surface area contributed by atoms with E-state index < -0.39 is 0 Å². The number of hydrogen-bond acceptors (Lipinski definition) is 6. The molecule has 6 heterocycles. The van der Waals surface area contributed by atoms with Gasteiger partial charge in [-0.1, -0.05) is 19.3 Å². The van der Waals surface area contributed by atoms with Crippen LogP contribution < -0.4 is 5.32 Å². The average Bonchev–Trinajstić information content (AvgIpc) is 3.62. The molecule has 9 nitrogen and oxygen atoms in total. The van der Waals surface area contributed by atoms with Gasteiger partial charge in [-0.25, -0.2) is 4.98 Å². The highest BCUT2D eigenvalue weighted by atomic mass is 16.1. The largest absolute Gasteiger partial charge is 0.338 e. The van der Waals surface area contributed by atoms with Crippen molar-refractivity contribution in [3.05, 3.63) is 73.6 Å². The third-order valence-electron chi connectivity index (χ3n) is 7.50. The number of carbonyl (C=O) groups is 1. The molecule has 1 saturated carbocycles. The Hall–Kier alpha value is -4.92. The van der Waals surface area contributed by atoms with Gasteiger partial charge in [-0.05, 0) is 60.4 Å². The Morgan fingerprint density at radius 3 is 2.59 bits per heavy atom. The number of nitrogens with one attached hydrogen (secondary N) is 3. The summed E-state index contributed by atoms with van der Waals surface area (Å²) < 4.78 is 0. The first-order valence-corrected chi connectivity index (χ1v) is 13.2. The van der Waals surface area contributed by atoms with Crippen LogP contribution in [-0.4, -0.2) is 41.0 Å². The number of carbonyl (C=O) groups excluding carboxylic acids is 1. The van der Waals surface area contributed by atoms with Crippen LogP contribution in [0.25, 0.3) is 55.7 Å². The number of anilines is 1. The Bertz CT molecular complexity index is 1800. The van der Waals surface area contributed by atoms with Gasteiger partial charge in [0.15, 0.2) is 0 Å². The summed E-state index contributed by atoms with van der Waals surface area (Å²) in [6.07, 6.45) is 15.9. The zero-order valence-corrected chi connectivity index (χ0v) is 21.2. The second kappa shape index (κ2) is 9.75. The van der Waals surface area contributed by atoms with E-state index >= 15 is 0 Å². The molecular formula is C30H26N8O. The van der Waals surface area contributed by atoms with E-state index in [9.17, 15) is 4.79 Å². The molecule has 0 atom stereocenters. The summed E-state index contributed by atoms with van der Waals surface area (Å²) in [6, 6.07) is 12.0. The lowest BCUT2D eigenvalue weighted by Gasteiger charge is -2.20. The lowest BCUT2D eigenvalue weighted by molar-refractivity contribution is -0.120. The summed E-state index contributed by atoms with van der Waals surface area (Å²) in [6.45, 7) is 0. The van der Waals surface area contributed by atoms with E-state index in [-0.39, 0.29) is 11.8 Å². The fourth-order valence-electron chi connectivity index (χ4n) is 5.48. The van der Waals surface area contributed by atoms with Crippen molar-refractivity contribution in [1.29, 1.82) is 0 Å². The Balaban J connectivity index is 1.23. The molecule has 1 aliphatic carbocycles. The van der Waals surface area contributed by atoms with Crippen LogP contribution >= 0.6 is 0 Å². The second-order valence-electron chi connectivity index (χ2n) is 10.0. The molecule has 9 heteroatoms. The van der Waals surface area contributed by atoms with Gasteiger partial charge in [0.25, 0.3) is 0 Å². The number of amides is 1. The van der Waals surface area contributed by atoms with Crippen LogP contribution in [0.1, 0.15) is 32.1 Å². The van der Waals surface area contributed by atoms with Crippen molar-refractivity contribution in [2.24, 2.45) is 5.92 Å². The van der Waals surface area contributed by atoms with E-state index in [1.807, 2.05) is 30.3 Å². The molecule has 192 valence electrons. The van der Waals surface area contributed by atoms with Gasteiger partial charge in [0.1, 0.15) is 11.3 Å². The summed E-state index contributed by atoms with van der Waals surface area (Å²) in [7, 11) is 0. The smallest absolute Gasteiger partial charge is 0.227 e. The summed E-state index contributed by atoms with van der Waals surface area (Å²) >= 11 is 0. The fraction of sp³-hybridized carbons (Fsp3) is 0.200. The van der Waals surface area contributed by atoms with E-state index in [0.717, 1.165) is 81.4 Å². The molecule has 1 fully saturated rings. The first-order valence-electron chi connectivity index (χ1n) is 13.2. The quantitative estimate of drug-likeness (QED) is 0.254. The monoisotopic (exact) mass is 514 g/mol. The summed E-state index contributed by atoms with van der Waals surface area (Å²) in [4.78, 5) is 33.9. The summed E-state index contributed by atoms with van der Waals surface area (Å²) in [5, 5.41) is 12.7. The van der Waals surface area contributed by atoms with Crippen molar-refractivity contribution in [2.75, 3.05) is 5.32 Å². The number of aromatic nitrogens is 7. The number of nitrogens with zero attached hydrogens (tertiary/aromatic N) is 5. The van der Waals surface area contributed by atoms with Crippen molar-refractivity contribution in [3.63, 3.8) is 0 Å². The lowest BCUT2D eigenvalue weighted by atomic mass is 9.88. The summed E-state index contributed by atoms with van der Waals surface area (Å²) in [5.74, 6) is 0.156. The SMILES string of the molecule is O=C(Nc1cncc(-c2cc3c(-c4cc5c(-c6ccncc6)ccnc5[nH]4)n[nH]c3cn2)c1)C1CCCCC1. The molecule has 6 aromatic rings. The van der Waals surface area contributed by atoms with Crippen molar-refractivity contribution < 1.29 is 4.79 Å². The topological polar surface area (TPSA) is 125 Å². The van der Waals surface area contributed by atoms with E-state index in [0.29, 0.717) is 5.69 Å². The first-order chi connectivity index (χ1) is 19.2. The predicted octanol–water partition coefficient (Wildman–Crippen LogP) is 6.14. The summed E-state index contributed by atoms with van der Waals surface area (Å²) in [5.41, 5.74) is 7.65. The molecule has 0 spiro atoms. The van der Waals surface area contributed by atoms with Crippen LogP contribution in [0.15, 0.2) is 73.6 Å². The van der Waals surface area contributed by atoms with Crippen LogP contribution in [0.4, 0.5) is 5.69 Å². The molecule has 3 N–H and O–H groups in total. The molecule has 1 aliphatic rings.